The number of carbonyl (C=O) groups is 1. The van der Waals surface area contributed by atoms with Gasteiger partial charge in [-0.05, 0) is 12.8 Å². The molecule has 0 fully saturated rings. The number of carbonyl (C=O) groups excluding carboxylic acids is 1. The van der Waals surface area contributed by atoms with Gasteiger partial charge in [-0.1, -0.05) is 97.3 Å². The van der Waals surface area contributed by atoms with Crippen molar-refractivity contribution in [2.75, 3.05) is 6.54 Å². The summed E-state index contributed by atoms with van der Waals surface area (Å²) in [5.41, 5.74) is 0. The molecule has 0 bridgehead atoms. The molecule has 0 radical (unpaired) electrons. The minimum atomic E-state index is 0.261. The zero-order chi connectivity index (χ0) is 16.3. The van der Waals surface area contributed by atoms with Gasteiger partial charge >= 0.3 is 0 Å². The van der Waals surface area contributed by atoms with Crippen LogP contribution in [0.4, 0.5) is 0 Å². The monoisotopic (exact) mass is 311 g/mol. The second-order valence-electron chi connectivity index (χ2n) is 6.70. The van der Waals surface area contributed by atoms with E-state index in [2.05, 4.69) is 19.2 Å². The van der Waals surface area contributed by atoms with Gasteiger partial charge < -0.3 is 5.32 Å². The Morgan fingerprint density at radius 1 is 0.591 bits per heavy atom. The molecule has 0 spiro atoms. The maximum atomic E-state index is 11.7. The first-order valence-electron chi connectivity index (χ1n) is 10.1. The van der Waals surface area contributed by atoms with E-state index in [1.54, 1.807) is 0 Å². The Bertz CT molecular complexity index is 206. The smallest absolute Gasteiger partial charge is 0.219 e. The maximum absolute atomic E-state index is 11.7. The average Bonchev–Trinajstić information content (AvgIpc) is 2.52. The molecule has 132 valence electrons. The van der Waals surface area contributed by atoms with E-state index in [1.807, 2.05) is 0 Å². The Balaban J connectivity index is 3.13. The zero-order valence-corrected chi connectivity index (χ0v) is 15.4. The van der Waals surface area contributed by atoms with E-state index >= 15 is 0 Å². The Morgan fingerprint density at radius 2 is 1.00 bits per heavy atom. The van der Waals surface area contributed by atoms with Crippen LogP contribution in [0.25, 0.3) is 0 Å². The molecule has 0 saturated heterocycles. The van der Waals surface area contributed by atoms with Crippen molar-refractivity contribution in [2.45, 2.75) is 117 Å². The summed E-state index contributed by atoms with van der Waals surface area (Å²) >= 11 is 0. The van der Waals surface area contributed by atoms with Gasteiger partial charge in [0.25, 0.3) is 0 Å². The predicted molar refractivity (Wildman–Crippen MR) is 98.2 cm³/mol. The van der Waals surface area contributed by atoms with Crippen molar-refractivity contribution in [1.29, 1.82) is 0 Å². The molecule has 0 aliphatic rings. The van der Waals surface area contributed by atoms with Crippen LogP contribution in [-0.4, -0.2) is 12.5 Å². The molecule has 2 nitrogen and oxygen atoms in total. The minimum Gasteiger partial charge on any atom is -0.356 e. The van der Waals surface area contributed by atoms with Crippen LogP contribution in [0.5, 0.6) is 0 Å². The van der Waals surface area contributed by atoms with Crippen molar-refractivity contribution < 1.29 is 4.79 Å². The molecule has 1 N–H and O–H groups in total. The van der Waals surface area contributed by atoms with E-state index in [1.165, 1.54) is 83.5 Å². The topological polar surface area (TPSA) is 29.1 Å². The molecule has 0 atom stereocenters. The van der Waals surface area contributed by atoms with Crippen LogP contribution in [-0.2, 0) is 4.79 Å². The van der Waals surface area contributed by atoms with Gasteiger partial charge in [0.15, 0.2) is 0 Å². The summed E-state index contributed by atoms with van der Waals surface area (Å²) in [6, 6.07) is 0. The van der Waals surface area contributed by atoms with E-state index < -0.39 is 0 Å². The molecule has 0 heterocycles. The van der Waals surface area contributed by atoms with E-state index in [0.717, 1.165) is 25.8 Å². The lowest BCUT2D eigenvalue weighted by Gasteiger charge is -2.05. The third-order valence-corrected chi connectivity index (χ3v) is 4.36. The van der Waals surface area contributed by atoms with Crippen LogP contribution in [0.3, 0.4) is 0 Å². The van der Waals surface area contributed by atoms with Gasteiger partial charge in [-0.3, -0.25) is 4.79 Å². The van der Waals surface area contributed by atoms with E-state index in [4.69, 9.17) is 0 Å². The lowest BCUT2D eigenvalue weighted by Crippen LogP contribution is -2.23. The quantitative estimate of drug-likeness (QED) is 0.310. The van der Waals surface area contributed by atoms with Crippen molar-refractivity contribution in [3.05, 3.63) is 0 Å². The van der Waals surface area contributed by atoms with Crippen LogP contribution < -0.4 is 5.32 Å². The number of hydrogen-bond donors (Lipinski definition) is 1. The molecule has 0 unspecified atom stereocenters. The number of nitrogens with one attached hydrogen (secondary N) is 1. The maximum Gasteiger partial charge on any atom is 0.219 e. The first-order valence-corrected chi connectivity index (χ1v) is 10.1. The number of rotatable bonds is 17. The summed E-state index contributed by atoms with van der Waals surface area (Å²) < 4.78 is 0. The van der Waals surface area contributed by atoms with Gasteiger partial charge in [-0.25, -0.2) is 0 Å². The van der Waals surface area contributed by atoms with Crippen molar-refractivity contribution >= 4 is 5.91 Å². The third kappa shape index (κ3) is 17.5. The fraction of sp³-hybridized carbons (Fsp3) is 0.950. The second kappa shape index (κ2) is 18.5. The molecule has 2 heteroatoms. The molecule has 0 aliphatic carbocycles. The van der Waals surface area contributed by atoms with Gasteiger partial charge in [-0.2, -0.15) is 0 Å². The summed E-state index contributed by atoms with van der Waals surface area (Å²) in [5, 5.41) is 3.06. The highest BCUT2D eigenvalue weighted by molar-refractivity contribution is 5.75. The van der Waals surface area contributed by atoms with Crippen LogP contribution >= 0.6 is 0 Å². The molecule has 1 amide bonds. The molecule has 0 aromatic rings. The summed E-state index contributed by atoms with van der Waals surface area (Å²) in [7, 11) is 0. The van der Waals surface area contributed by atoms with E-state index in [0.29, 0.717) is 0 Å². The standard InChI is InChI=1S/C20H41NO/c1-3-5-7-9-11-12-14-16-18-20(22)21-19-17-15-13-10-8-6-4-2/h3-19H2,1-2H3,(H,21,22). The second-order valence-corrected chi connectivity index (χ2v) is 6.70. The fourth-order valence-corrected chi connectivity index (χ4v) is 2.82. The zero-order valence-electron chi connectivity index (χ0n) is 15.4. The molecule has 22 heavy (non-hydrogen) atoms. The fourth-order valence-electron chi connectivity index (χ4n) is 2.82. The van der Waals surface area contributed by atoms with Crippen LogP contribution in [0.2, 0.25) is 0 Å². The Kier molecular flexibility index (Phi) is 18.1. The van der Waals surface area contributed by atoms with Gasteiger partial charge in [0.05, 0.1) is 0 Å². The Morgan fingerprint density at radius 3 is 1.50 bits per heavy atom. The van der Waals surface area contributed by atoms with E-state index in [9.17, 15) is 4.79 Å². The normalized spacial score (nSPS) is 10.8. The first kappa shape index (κ1) is 21.5. The van der Waals surface area contributed by atoms with Crippen molar-refractivity contribution in [3.63, 3.8) is 0 Å². The number of amides is 1. The summed E-state index contributed by atoms with van der Waals surface area (Å²) in [6.07, 6.45) is 20.3. The third-order valence-electron chi connectivity index (χ3n) is 4.36. The van der Waals surface area contributed by atoms with Gasteiger partial charge in [0.2, 0.25) is 5.91 Å². The highest BCUT2D eigenvalue weighted by atomic mass is 16.1. The van der Waals surface area contributed by atoms with Crippen molar-refractivity contribution in [3.8, 4) is 0 Å². The van der Waals surface area contributed by atoms with Gasteiger partial charge in [0, 0.05) is 13.0 Å². The molecular formula is C20H41NO. The molecular weight excluding hydrogens is 270 g/mol. The summed E-state index contributed by atoms with van der Waals surface area (Å²) in [5.74, 6) is 0.261. The Labute approximate surface area is 139 Å². The number of unbranched alkanes of at least 4 members (excludes halogenated alkanes) is 13. The highest BCUT2D eigenvalue weighted by Crippen LogP contribution is 2.09. The van der Waals surface area contributed by atoms with Crippen LogP contribution in [0.1, 0.15) is 117 Å². The minimum absolute atomic E-state index is 0.261. The van der Waals surface area contributed by atoms with Crippen LogP contribution in [0.15, 0.2) is 0 Å². The molecule has 0 aromatic heterocycles. The molecule has 0 aliphatic heterocycles. The number of hydrogen-bond acceptors (Lipinski definition) is 1. The molecule has 0 rings (SSSR count). The lowest BCUT2D eigenvalue weighted by molar-refractivity contribution is -0.121. The van der Waals surface area contributed by atoms with E-state index in [-0.39, 0.29) is 5.91 Å². The largest absolute Gasteiger partial charge is 0.356 e. The summed E-state index contributed by atoms with van der Waals surface area (Å²) in [4.78, 5) is 11.7. The van der Waals surface area contributed by atoms with Crippen molar-refractivity contribution in [2.24, 2.45) is 0 Å². The van der Waals surface area contributed by atoms with Crippen molar-refractivity contribution in [1.82, 2.24) is 5.32 Å². The Hall–Kier alpha value is -0.530. The molecule has 0 saturated carbocycles. The predicted octanol–water partition coefficient (Wildman–Crippen LogP) is 6.38. The SMILES string of the molecule is CCCCCCCCCCC(=O)NCCCCCCCCC. The summed E-state index contributed by atoms with van der Waals surface area (Å²) in [6.45, 7) is 5.39. The average molecular weight is 312 g/mol. The first-order chi connectivity index (χ1) is 10.8. The van der Waals surface area contributed by atoms with Crippen LogP contribution in [0, 0.1) is 0 Å². The highest BCUT2D eigenvalue weighted by Gasteiger charge is 2.00. The van der Waals surface area contributed by atoms with Gasteiger partial charge in [0.1, 0.15) is 0 Å². The van der Waals surface area contributed by atoms with Gasteiger partial charge in [-0.15, -0.1) is 0 Å². The lowest BCUT2D eigenvalue weighted by atomic mass is 10.1. The molecule has 0 aromatic carbocycles.